The molecule has 1 aliphatic heterocycles. The lowest BCUT2D eigenvalue weighted by Gasteiger charge is -2.39. The van der Waals surface area contributed by atoms with E-state index in [0.717, 1.165) is 6.07 Å². The minimum atomic E-state index is -4.52. The van der Waals surface area contributed by atoms with Crippen LogP contribution in [0.2, 0.25) is 5.02 Å². The molecule has 3 rings (SSSR count). The Morgan fingerprint density at radius 1 is 1.29 bits per heavy atom. The number of alkyl halides is 3. The molecule has 0 bridgehead atoms. The summed E-state index contributed by atoms with van der Waals surface area (Å²) in [5, 5.41) is -0.314. The first-order valence-corrected chi connectivity index (χ1v) is 9.74. The molecular weight excluding hydrogens is 437 g/mol. The molecule has 7 nitrogen and oxygen atoms in total. The van der Waals surface area contributed by atoms with Crippen molar-refractivity contribution in [2.24, 2.45) is 5.73 Å². The number of nitrogens with two attached hydrogens (primary N) is 1. The minimum absolute atomic E-state index is 0.0895. The monoisotopic (exact) mass is 456 g/mol. The van der Waals surface area contributed by atoms with Gasteiger partial charge in [0.15, 0.2) is 5.75 Å². The molecule has 1 aliphatic rings. The molecule has 2 amide bonds. The van der Waals surface area contributed by atoms with Gasteiger partial charge in [-0.05, 0) is 24.6 Å². The van der Waals surface area contributed by atoms with Gasteiger partial charge in [-0.3, -0.25) is 14.7 Å². The number of carbonyl (C=O) groups is 2. The van der Waals surface area contributed by atoms with Crippen molar-refractivity contribution >= 4 is 23.6 Å². The third-order valence-electron chi connectivity index (χ3n) is 4.93. The first kappa shape index (κ1) is 22.8. The van der Waals surface area contributed by atoms with E-state index in [2.05, 4.69) is 4.98 Å². The number of carbonyl (C=O) groups excluding carboxylic acids is 2. The average Bonchev–Trinajstić information content (AvgIpc) is 2.69. The number of hydrogen-bond acceptors (Lipinski definition) is 5. The maximum Gasteiger partial charge on any atom is 0.417 e. The molecule has 2 heterocycles. The highest BCUT2D eigenvalue weighted by Gasteiger charge is 2.34. The number of hydrogen-bond donors (Lipinski definition) is 1. The van der Waals surface area contributed by atoms with Gasteiger partial charge in [-0.25, -0.2) is 4.79 Å². The quantitative estimate of drug-likeness (QED) is 0.760. The van der Waals surface area contributed by atoms with Crippen LogP contribution in [0.4, 0.5) is 18.0 Å². The standard InChI is InChI=1S/C20H20ClF3N4O3/c1-12-10-27(11-13-3-2-4-16(17(13)21)20(22,23)24)5-6-28(12)19(30)31-15-7-14(18(25)29)8-26-9-15/h2-4,7-9,12H,5-6,10-11H2,1H3,(H2,25,29)/t12-/m1/s1. The van der Waals surface area contributed by atoms with Crippen molar-refractivity contribution < 1.29 is 27.5 Å². The van der Waals surface area contributed by atoms with Crippen LogP contribution in [0.3, 0.4) is 0 Å². The van der Waals surface area contributed by atoms with E-state index in [0.29, 0.717) is 25.2 Å². The van der Waals surface area contributed by atoms with Gasteiger partial charge < -0.3 is 15.4 Å². The first-order chi connectivity index (χ1) is 14.6. The molecule has 1 aromatic carbocycles. The Balaban J connectivity index is 1.63. The Labute approximate surface area is 181 Å². The molecule has 1 atom stereocenters. The van der Waals surface area contributed by atoms with E-state index in [9.17, 15) is 22.8 Å². The molecule has 11 heteroatoms. The second-order valence-electron chi connectivity index (χ2n) is 7.20. The first-order valence-electron chi connectivity index (χ1n) is 9.36. The summed E-state index contributed by atoms with van der Waals surface area (Å²) in [6.07, 6.45) is -2.59. The van der Waals surface area contributed by atoms with Crippen LogP contribution in [-0.2, 0) is 12.7 Å². The average molecular weight is 457 g/mol. The largest absolute Gasteiger partial charge is 0.417 e. The zero-order valence-corrected chi connectivity index (χ0v) is 17.3. The smallest absolute Gasteiger partial charge is 0.409 e. The fourth-order valence-corrected chi connectivity index (χ4v) is 3.67. The van der Waals surface area contributed by atoms with Gasteiger partial charge in [0.25, 0.3) is 0 Å². The summed E-state index contributed by atoms with van der Waals surface area (Å²) in [6.45, 7) is 3.17. The molecule has 0 unspecified atom stereocenters. The number of piperazine rings is 1. The second-order valence-corrected chi connectivity index (χ2v) is 7.57. The topological polar surface area (TPSA) is 88.8 Å². The van der Waals surface area contributed by atoms with Crippen molar-refractivity contribution in [2.75, 3.05) is 19.6 Å². The fraction of sp³-hybridized carbons (Fsp3) is 0.350. The lowest BCUT2D eigenvalue weighted by molar-refractivity contribution is -0.137. The molecule has 1 fully saturated rings. The van der Waals surface area contributed by atoms with E-state index >= 15 is 0 Å². The maximum absolute atomic E-state index is 13.1. The highest BCUT2D eigenvalue weighted by Crippen LogP contribution is 2.36. The van der Waals surface area contributed by atoms with E-state index in [1.165, 1.54) is 29.4 Å². The number of primary amides is 1. The van der Waals surface area contributed by atoms with Crippen molar-refractivity contribution in [3.8, 4) is 5.75 Å². The molecule has 2 aromatic rings. The van der Waals surface area contributed by atoms with Gasteiger partial charge >= 0.3 is 12.3 Å². The number of ether oxygens (including phenoxy) is 1. The van der Waals surface area contributed by atoms with Crippen LogP contribution in [0.1, 0.15) is 28.4 Å². The van der Waals surface area contributed by atoms with Gasteiger partial charge in [0.1, 0.15) is 0 Å². The summed E-state index contributed by atoms with van der Waals surface area (Å²) in [5.74, 6) is -0.604. The number of rotatable bonds is 4. The van der Waals surface area contributed by atoms with E-state index in [1.807, 2.05) is 4.90 Å². The summed E-state index contributed by atoms with van der Waals surface area (Å²) in [5.41, 5.74) is 4.81. The lowest BCUT2D eigenvalue weighted by atomic mass is 10.1. The number of pyridine rings is 1. The molecule has 0 saturated carbocycles. The lowest BCUT2D eigenvalue weighted by Crippen LogP contribution is -2.54. The molecule has 0 aliphatic carbocycles. The highest BCUT2D eigenvalue weighted by molar-refractivity contribution is 6.32. The van der Waals surface area contributed by atoms with E-state index in [1.54, 1.807) is 13.0 Å². The number of nitrogens with zero attached hydrogens (tertiary/aromatic N) is 3. The van der Waals surface area contributed by atoms with Crippen LogP contribution in [0.15, 0.2) is 36.7 Å². The normalized spacial score (nSPS) is 17.5. The molecular formula is C20H20ClF3N4O3. The van der Waals surface area contributed by atoms with Crippen LogP contribution < -0.4 is 10.5 Å². The fourth-order valence-electron chi connectivity index (χ4n) is 3.38. The van der Waals surface area contributed by atoms with Gasteiger partial charge in [0.05, 0.1) is 22.3 Å². The van der Waals surface area contributed by atoms with E-state index < -0.39 is 23.7 Å². The Morgan fingerprint density at radius 2 is 2.03 bits per heavy atom. The van der Waals surface area contributed by atoms with Gasteiger partial charge in [0, 0.05) is 38.4 Å². The minimum Gasteiger partial charge on any atom is -0.409 e. The third kappa shape index (κ3) is 5.45. The van der Waals surface area contributed by atoms with Crippen molar-refractivity contribution in [3.63, 3.8) is 0 Å². The Morgan fingerprint density at radius 3 is 2.68 bits per heavy atom. The summed E-state index contributed by atoms with van der Waals surface area (Å²) in [4.78, 5) is 31.0. The van der Waals surface area contributed by atoms with Crippen molar-refractivity contribution in [1.82, 2.24) is 14.8 Å². The summed E-state index contributed by atoms with van der Waals surface area (Å²) in [7, 11) is 0. The summed E-state index contributed by atoms with van der Waals surface area (Å²) >= 11 is 5.98. The van der Waals surface area contributed by atoms with Crippen molar-refractivity contribution in [3.05, 3.63) is 58.4 Å². The Bertz CT molecular complexity index is 986. The molecule has 2 N–H and O–H groups in total. The Hall–Kier alpha value is -2.85. The van der Waals surface area contributed by atoms with Crippen molar-refractivity contribution in [1.29, 1.82) is 0 Å². The van der Waals surface area contributed by atoms with Gasteiger partial charge in [-0.15, -0.1) is 0 Å². The molecule has 0 spiro atoms. The van der Waals surface area contributed by atoms with Crippen LogP contribution >= 0.6 is 11.6 Å². The van der Waals surface area contributed by atoms with Gasteiger partial charge in [-0.1, -0.05) is 23.7 Å². The SMILES string of the molecule is C[C@@H]1CN(Cc2cccc(C(F)(F)F)c2Cl)CCN1C(=O)Oc1cncc(C(N)=O)c1. The van der Waals surface area contributed by atoms with Gasteiger partial charge in [-0.2, -0.15) is 13.2 Å². The predicted molar refractivity (Wildman–Crippen MR) is 107 cm³/mol. The van der Waals surface area contributed by atoms with E-state index in [-0.39, 0.29) is 28.9 Å². The van der Waals surface area contributed by atoms with E-state index in [4.69, 9.17) is 22.1 Å². The zero-order chi connectivity index (χ0) is 22.8. The molecule has 31 heavy (non-hydrogen) atoms. The summed E-state index contributed by atoms with van der Waals surface area (Å²) in [6, 6.07) is 4.89. The van der Waals surface area contributed by atoms with Crippen LogP contribution in [0.25, 0.3) is 0 Å². The number of aromatic nitrogens is 1. The van der Waals surface area contributed by atoms with Crippen molar-refractivity contribution in [2.45, 2.75) is 25.7 Å². The van der Waals surface area contributed by atoms with Crippen LogP contribution in [0, 0.1) is 0 Å². The Kier molecular flexibility index (Phi) is 6.71. The maximum atomic E-state index is 13.1. The third-order valence-corrected chi connectivity index (χ3v) is 5.37. The zero-order valence-electron chi connectivity index (χ0n) is 16.5. The number of halogens is 4. The van der Waals surface area contributed by atoms with Gasteiger partial charge in [0.2, 0.25) is 5.91 Å². The highest BCUT2D eigenvalue weighted by atomic mass is 35.5. The number of amides is 2. The summed E-state index contributed by atoms with van der Waals surface area (Å²) < 4.78 is 44.5. The predicted octanol–water partition coefficient (Wildman–Crippen LogP) is 3.56. The second kappa shape index (κ2) is 9.11. The molecule has 166 valence electrons. The van der Waals surface area contributed by atoms with Crippen LogP contribution in [0.5, 0.6) is 5.75 Å². The number of benzene rings is 1. The molecule has 1 aromatic heterocycles. The van der Waals surface area contributed by atoms with Crippen LogP contribution in [-0.4, -0.2) is 52.5 Å². The molecule has 0 radical (unpaired) electrons. The molecule has 1 saturated heterocycles.